The van der Waals surface area contributed by atoms with Crippen LogP contribution in [0.1, 0.15) is 11.1 Å². The van der Waals surface area contributed by atoms with E-state index in [-0.39, 0.29) is 0 Å². The van der Waals surface area contributed by atoms with Crippen molar-refractivity contribution in [3.05, 3.63) is 59.2 Å². The Morgan fingerprint density at radius 1 is 1.05 bits per heavy atom. The molecule has 1 nitrogen and oxygen atoms in total. The molecule has 0 unspecified atom stereocenters. The van der Waals surface area contributed by atoms with Gasteiger partial charge in [0.1, 0.15) is 11.6 Å². The van der Waals surface area contributed by atoms with Crippen LogP contribution >= 0.6 is 11.8 Å². The number of aryl methyl sites for hydroxylation is 1. The summed E-state index contributed by atoms with van der Waals surface area (Å²) in [7, 11) is 1.86. The molecular formula is C15H15F2NS. The molecule has 100 valence electrons. The van der Waals surface area contributed by atoms with E-state index in [1.54, 1.807) is 0 Å². The molecule has 19 heavy (non-hydrogen) atoms. The lowest BCUT2D eigenvalue weighted by molar-refractivity contribution is 0.577. The van der Waals surface area contributed by atoms with Crippen LogP contribution in [-0.4, -0.2) is 7.05 Å². The molecule has 0 aliphatic rings. The van der Waals surface area contributed by atoms with Gasteiger partial charge in [0.2, 0.25) is 0 Å². The van der Waals surface area contributed by atoms with Gasteiger partial charge in [-0.25, -0.2) is 8.78 Å². The van der Waals surface area contributed by atoms with Gasteiger partial charge in [-0.2, -0.15) is 0 Å². The smallest absolute Gasteiger partial charge is 0.137 e. The summed E-state index contributed by atoms with van der Waals surface area (Å²) in [4.78, 5) is 1.24. The van der Waals surface area contributed by atoms with Crippen molar-refractivity contribution in [1.29, 1.82) is 0 Å². The number of halogens is 2. The van der Waals surface area contributed by atoms with Crippen LogP contribution in [0.3, 0.4) is 0 Å². The van der Waals surface area contributed by atoms with E-state index in [4.69, 9.17) is 0 Å². The first-order valence-electron chi connectivity index (χ1n) is 5.97. The minimum absolute atomic E-state index is 0.307. The van der Waals surface area contributed by atoms with Crippen molar-refractivity contribution < 1.29 is 8.78 Å². The molecule has 0 radical (unpaired) electrons. The predicted octanol–water partition coefficient (Wildman–Crippen LogP) is 4.14. The molecule has 0 heterocycles. The molecule has 2 rings (SSSR count). The zero-order chi connectivity index (χ0) is 13.8. The molecule has 0 bridgehead atoms. The summed E-state index contributed by atoms with van der Waals surface area (Å²) in [5.74, 6) is -0.825. The first-order valence-corrected chi connectivity index (χ1v) is 6.79. The minimum atomic E-state index is -0.425. The summed E-state index contributed by atoms with van der Waals surface area (Å²) in [5.41, 5.74) is 2.23. The van der Waals surface area contributed by atoms with Crippen molar-refractivity contribution in [3.8, 4) is 0 Å². The summed E-state index contributed by atoms with van der Waals surface area (Å²) >= 11 is 1.25. The molecule has 0 aliphatic carbocycles. The van der Waals surface area contributed by atoms with Gasteiger partial charge in [-0.3, -0.25) is 0 Å². The van der Waals surface area contributed by atoms with Gasteiger partial charge in [-0.1, -0.05) is 29.5 Å². The molecule has 0 saturated carbocycles. The lowest BCUT2D eigenvalue weighted by atomic mass is 10.1. The van der Waals surface area contributed by atoms with Gasteiger partial charge < -0.3 is 5.32 Å². The molecular weight excluding hydrogens is 264 g/mol. The van der Waals surface area contributed by atoms with Gasteiger partial charge in [-0.05, 0) is 43.8 Å². The second-order valence-corrected chi connectivity index (χ2v) is 5.40. The van der Waals surface area contributed by atoms with Crippen LogP contribution in [0.2, 0.25) is 0 Å². The molecule has 1 N–H and O–H groups in total. The van der Waals surface area contributed by atoms with Crippen LogP contribution in [0.5, 0.6) is 0 Å². The Morgan fingerprint density at radius 3 is 2.58 bits per heavy atom. The van der Waals surface area contributed by atoms with Crippen molar-refractivity contribution in [2.45, 2.75) is 23.3 Å². The highest BCUT2D eigenvalue weighted by Crippen LogP contribution is 2.33. The van der Waals surface area contributed by atoms with Crippen LogP contribution in [-0.2, 0) is 6.54 Å². The van der Waals surface area contributed by atoms with Crippen molar-refractivity contribution in [2.24, 2.45) is 0 Å². The van der Waals surface area contributed by atoms with Crippen LogP contribution in [0.25, 0.3) is 0 Å². The Hall–Kier alpha value is -1.39. The van der Waals surface area contributed by atoms with Crippen LogP contribution in [0.15, 0.2) is 46.2 Å². The molecule has 4 heteroatoms. The molecule has 0 spiro atoms. The third-order valence-corrected chi connectivity index (χ3v) is 3.85. The maximum Gasteiger partial charge on any atom is 0.137 e. The first kappa shape index (κ1) is 14.0. The number of benzene rings is 2. The van der Waals surface area contributed by atoms with Crippen LogP contribution in [0, 0.1) is 18.6 Å². The molecule has 0 saturated heterocycles. The fourth-order valence-corrected chi connectivity index (χ4v) is 2.78. The number of hydrogen-bond acceptors (Lipinski definition) is 2. The number of hydrogen-bond donors (Lipinski definition) is 1. The van der Waals surface area contributed by atoms with E-state index in [2.05, 4.69) is 11.4 Å². The van der Waals surface area contributed by atoms with Crippen molar-refractivity contribution in [2.75, 3.05) is 7.05 Å². The summed E-state index contributed by atoms with van der Waals surface area (Å²) in [6.45, 7) is 2.71. The normalized spacial score (nSPS) is 10.7. The quantitative estimate of drug-likeness (QED) is 0.902. The summed E-state index contributed by atoms with van der Waals surface area (Å²) < 4.78 is 26.8. The van der Waals surface area contributed by atoms with E-state index in [0.717, 1.165) is 28.2 Å². The summed E-state index contributed by atoms with van der Waals surface area (Å²) in [6.07, 6.45) is 0. The lowest BCUT2D eigenvalue weighted by Gasteiger charge is -2.10. The molecule has 0 atom stereocenters. The monoisotopic (exact) mass is 279 g/mol. The van der Waals surface area contributed by atoms with Crippen LogP contribution in [0.4, 0.5) is 8.78 Å². The van der Waals surface area contributed by atoms with E-state index in [1.807, 2.05) is 26.1 Å². The predicted molar refractivity (Wildman–Crippen MR) is 74.4 cm³/mol. The molecule has 2 aromatic rings. The minimum Gasteiger partial charge on any atom is -0.316 e. The highest BCUT2D eigenvalue weighted by Gasteiger charge is 2.09. The topological polar surface area (TPSA) is 12.0 Å². The van der Waals surface area contributed by atoms with E-state index >= 15 is 0 Å². The van der Waals surface area contributed by atoms with E-state index in [0.29, 0.717) is 11.4 Å². The second kappa shape index (κ2) is 6.17. The fourth-order valence-electron chi connectivity index (χ4n) is 1.81. The third-order valence-electron chi connectivity index (χ3n) is 2.70. The SMILES string of the molecule is CNCc1cc(C)ccc1Sc1cc(F)ccc1F. The molecule has 0 aliphatic heterocycles. The largest absolute Gasteiger partial charge is 0.316 e. The lowest BCUT2D eigenvalue weighted by Crippen LogP contribution is -2.06. The second-order valence-electron chi connectivity index (χ2n) is 4.32. The highest BCUT2D eigenvalue weighted by molar-refractivity contribution is 7.99. The zero-order valence-electron chi connectivity index (χ0n) is 10.8. The zero-order valence-corrected chi connectivity index (χ0v) is 11.7. The van der Waals surface area contributed by atoms with Gasteiger partial charge >= 0.3 is 0 Å². The van der Waals surface area contributed by atoms with Crippen molar-refractivity contribution >= 4 is 11.8 Å². The average Bonchev–Trinajstić information content (AvgIpc) is 2.37. The average molecular weight is 279 g/mol. The Labute approximate surface area is 116 Å². The molecule has 0 aromatic heterocycles. The van der Waals surface area contributed by atoms with Gasteiger partial charge in [0.15, 0.2) is 0 Å². The van der Waals surface area contributed by atoms with E-state index in [1.165, 1.54) is 17.8 Å². The van der Waals surface area contributed by atoms with Crippen molar-refractivity contribution in [3.63, 3.8) is 0 Å². The molecule has 2 aromatic carbocycles. The Balaban J connectivity index is 2.34. The Morgan fingerprint density at radius 2 is 1.84 bits per heavy atom. The van der Waals surface area contributed by atoms with Crippen LogP contribution < -0.4 is 5.32 Å². The fraction of sp³-hybridized carbons (Fsp3) is 0.200. The molecule has 0 amide bonds. The Bertz CT molecular complexity index is 584. The summed E-state index contributed by atoms with van der Waals surface area (Å²) in [6, 6.07) is 9.47. The maximum atomic E-state index is 13.6. The van der Waals surface area contributed by atoms with E-state index < -0.39 is 11.6 Å². The van der Waals surface area contributed by atoms with Gasteiger partial charge in [0.25, 0.3) is 0 Å². The third kappa shape index (κ3) is 3.55. The van der Waals surface area contributed by atoms with Gasteiger partial charge in [0, 0.05) is 11.4 Å². The number of nitrogens with one attached hydrogen (secondary N) is 1. The standard InChI is InChI=1S/C15H15F2NS/c1-10-3-6-14(11(7-10)9-18-2)19-15-8-12(16)4-5-13(15)17/h3-8,18H,9H2,1-2H3. The Kier molecular flexibility index (Phi) is 4.56. The maximum absolute atomic E-state index is 13.6. The van der Waals surface area contributed by atoms with Gasteiger partial charge in [-0.15, -0.1) is 0 Å². The van der Waals surface area contributed by atoms with E-state index in [9.17, 15) is 8.78 Å². The first-order chi connectivity index (χ1) is 9.10. The van der Waals surface area contributed by atoms with Crippen molar-refractivity contribution in [1.82, 2.24) is 5.32 Å². The number of rotatable bonds is 4. The molecule has 0 fully saturated rings. The highest BCUT2D eigenvalue weighted by atomic mass is 32.2. The van der Waals surface area contributed by atoms with Gasteiger partial charge in [0.05, 0.1) is 4.90 Å². The summed E-state index contributed by atoms with van der Waals surface area (Å²) in [5, 5.41) is 3.08.